The van der Waals surface area contributed by atoms with Crippen LogP contribution in [0.5, 0.6) is 5.75 Å². The lowest BCUT2D eigenvalue weighted by atomic mass is 10.0. The van der Waals surface area contributed by atoms with E-state index < -0.39 is 5.91 Å². The van der Waals surface area contributed by atoms with Gasteiger partial charge in [-0.25, -0.2) is 0 Å². The lowest BCUT2D eigenvalue weighted by Crippen LogP contribution is -2.32. The van der Waals surface area contributed by atoms with E-state index in [9.17, 15) is 9.59 Å². The first-order chi connectivity index (χ1) is 14.6. The van der Waals surface area contributed by atoms with Gasteiger partial charge in [0.05, 0.1) is 19.2 Å². The topological polar surface area (TPSA) is 58.6 Å². The lowest BCUT2D eigenvalue weighted by molar-refractivity contribution is -0.137. The Hall–Kier alpha value is -3.57. The number of amides is 2. The summed E-state index contributed by atoms with van der Waals surface area (Å²) >= 11 is 6.26. The summed E-state index contributed by atoms with van der Waals surface area (Å²) in [6, 6.07) is 23.5. The largest absolute Gasteiger partial charge is 0.497 e. The number of halogens is 1. The maximum atomic E-state index is 13.3. The maximum absolute atomic E-state index is 13.3. The van der Waals surface area contributed by atoms with E-state index in [4.69, 9.17) is 16.3 Å². The molecular formula is C24H19ClN2O3. The quantitative estimate of drug-likeness (QED) is 0.587. The second kappa shape index (κ2) is 8.43. The molecule has 1 heterocycles. The zero-order valence-electron chi connectivity index (χ0n) is 16.3. The van der Waals surface area contributed by atoms with Gasteiger partial charge in [0.2, 0.25) is 0 Å². The smallest absolute Gasteiger partial charge is 0.278 e. The standard InChI is InChI=1S/C24H19ClN2O3/c1-30-19-13-11-18(12-14-19)26-22-21(16-7-3-2-4-8-16)23(28)27(24(22)29)15-17-9-5-6-10-20(17)25/h2-14,26H,15H2,1H3. The van der Waals surface area contributed by atoms with Gasteiger partial charge in [0, 0.05) is 10.7 Å². The van der Waals surface area contributed by atoms with Crippen molar-refractivity contribution in [1.29, 1.82) is 0 Å². The second-order valence-corrected chi connectivity index (χ2v) is 7.16. The first-order valence-electron chi connectivity index (χ1n) is 9.39. The Kier molecular flexibility index (Phi) is 5.55. The number of ether oxygens (including phenoxy) is 1. The summed E-state index contributed by atoms with van der Waals surface area (Å²) in [5.41, 5.74) is 2.64. The van der Waals surface area contributed by atoms with Crippen LogP contribution in [0.1, 0.15) is 11.1 Å². The minimum atomic E-state index is -0.394. The number of carbonyl (C=O) groups excluding carboxylic acids is 2. The molecule has 2 amide bonds. The number of hydrogen-bond donors (Lipinski definition) is 1. The number of anilines is 1. The molecule has 0 spiro atoms. The van der Waals surface area contributed by atoms with Gasteiger partial charge in [-0.1, -0.05) is 60.1 Å². The van der Waals surface area contributed by atoms with Gasteiger partial charge in [0.15, 0.2) is 0 Å². The summed E-state index contributed by atoms with van der Waals surface area (Å²) in [5.74, 6) is -0.0521. The molecule has 0 aliphatic carbocycles. The third-order valence-electron chi connectivity index (χ3n) is 4.88. The van der Waals surface area contributed by atoms with Crippen LogP contribution in [0.2, 0.25) is 5.02 Å². The highest BCUT2D eigenvalue weighted by Crippen LogP contribution is 2.32. The van der Waals surface area contributed by atoms with E-state index in [1.54, 1.807) is 43.5 Å². The van der Waals surface area contributed by atoms with Crippen LogP contribution in [0.25, 0.3) is 5.57 Å². The third kappa shape index (κ3) is 3.80. The predicted molar refractivity (Wildman–Crippen MR) is 117 cm³/mol. The number of nitrogens with one attached hydrogen (secondary N) is 1. The summed E-state index contributed by atoms with van der Waals surface area (Å²) < 4.78 is 5.18. The molecule has 0 fully saturated rings. The first-order valence-corrected chi connectivity index (χ1v) is 9.76. The fourth-order valence-electron chi connectivity index (χ4n) is 3.32. The van der Waals surface area contributed by atoms with Gasteiger partial charge in [-0.2, -0.15) is 0 Å². The van der Waals surface area contributed by atoms with Crippen molar-refractivity contribution in [1.82, 2.24) is 4.90 Å². The number of methoxy groups -OCH3 is 1. The van der Waals surface area contributed by atoms with Crippen LogP contribution in [-0.4, -0.2) is 23.8 Å². The molecule has 3 aromatic carbocycles. The highest BCUT2D eigenvalue weighted by atomic mass is 35.5. The Morgan fingerprint density at radius 1 is 0.867 bits per heavy atom. The van der Waals surface area contributed by atoms with Crippen LogP contribution in [0.3, 0.4) is 0 Å². The van der Waals surface area contributed by atoms with E-state index in [1.165, 1.54) is 4.90 Å². The van der Waals surface area contributed by atoms with E-state index >= 15 is 0 Å². The summed E-state index contributed by atoms with van der Waals surface area (Å²) in [7, 11) is 1.59. The number of imide groups is 1. The summed E-state index contributed by atoms with van der Waals surface area (Å²) in [6.45, 7) is 0.0987. The third-order valence-corrected chi connectivity index (χ3v) is 5.24. The number of carbonyl (C=O) groups is 2. The van der Waals surface area contributed by atoms with E-state index in [1.807, 2.05) is 42.5 Å². The van der Waals surface area contributed by atoms with Crippen molar-refractivity contribution in [2.75, 3.05) is 12.4 Å². The zero-order valence-corrected chi connectivity index (χ0v) is 17.0. The van der Waals surface area contributed by atoms with E-state index in [0.717, 1.165) is 0 Å². The minimum absolute atomic E-state index is 0.0987. The summed E-state index contributed by atoms with van der Waals surface area (Å²) in [4.78, 5) is 27.8. The molecule has 1 N–H and O–H groups in total. The zero-order chi connectivity index (χ0) is 21.1. The first kappa shape index (κ1) is 19.7. The molecule has 0 atom stereocenters. The van der Waals surface area contributed by atoms with Crippen molar-refractivity contribution in [3.05, 3.63) is 101 Å². The Morgan fingerprint density at radius 2 is 1.53 bits per heavy atom. The second-order valence-electron chi connectivity index (χ2n) is 6.76. The highest BCUT2D eigenvalue weighted by molar-refractivity contribution is 6.36. The van der Waals surface area contributed by atoms with Crippen molar-refractivity contribution in [3.8, 4) is 5.75 Å². The summed E-state index contributed by atoms with van der Waals surface area (Å²) in [5, 5.41) is 3.64. The molecule has 0 unspecified atom stereocenters. The van der Waals surface area contributed by atoms with E-state index in [0.29, 0.717) is 33.2 Å². The normalized spacial score (nSPS) is 13.7. The number of hydrogen-bond acceptors (Lipinski definition) is 4. The van der Waals surface area contributed by atoms with Crippen molar-refractivity contribution in [2.24, 2.45) is 0 Å². The maximum Gasteiger partial charge on any atom is 0.278 e. The minimum Gasteiger partial charge on any atom is -0.497 e. The fraction of sp³-hybridized carbons (Fsp3) is 0.0833. The molecule has 0 bridgehead atoms. The van der Waals surface area contributed by atoms with Crippen molar-refractivity contribution in [2.45, 2.75) is 6.54 Å². The van der Waals surface area contributed by atoms with Gasteiger partial charge in [0.25, 0.3) is 11.8 Å². The predicted octanol–water partition coefficient (Wildman–Crippen LogP) is 4.74. The SMILES string of the molecule is COc1ccc(NC2=C(c3ccccc3)C(=O)N(Cc3ccccc3Cl)C2=O)cc1. The molecule has 1 aliphatic rings. The highest BCUT2D eigenvalue weighted by Gasteiger charge is 2.39. The molecule has 4 rings (SSSR count). The molecule has 30 heavy (non-hydrogen) atoms. The molecule has 0 radical (unpaired) electrons. The van der Waals surface area contributed by atoms with Crippen molar-refractivity contribution < 1.29 is 14.3 Å². The van der Waals surface area contributed by atoms with Crippen LogP contribution >= 0.6 is 11.6 Å². The number of nitrogens with zero attached hydrogens (tertiary/aromatic N) is 1. The molecule has 3 aromatic rings. The number of rotatable bonds is 6. The molecule has 0 aromatic heterocycles. The molecule has 1 aliphatic heterocycles. The fourth-order valence-corrected chi connectivity index (χ4v) is 3.52. The van der Waals surface area contributed by atoms with Gasteiger partial charge in [0.1, 0.15) is 11.4 Å². The van der Waals surface area contributed by atoms with E-state index in [-0.39, 0.29) is 18.1 Å². The Morgan fingerprint density at radius 3 is 2.20 bits per heavy atom. The van der Waals surface area contributed by atoms with Gasteiger partial charge >= 0.3 is 0 Å². The summed E-state index contributed by atoms with van der Waals surface area (Å²) in [6.07, 6.45) is 0. The molecule has 0 saturated heterocycles. The van der Waals surface area contributed by atoms with Gasteiger partial charge < -0.3 is 10.1 Å². The Balaban J connectivity index is 1.72. The van der Waals surface area contributed by atoms with E-state index in [2.05, 4.69) is 5.32 Å². The average molecular weight is 419 g/mol. The van der Waals surface area contributed by atoms with Crippen LogP contribution in [0, 0.1) is 0 Å². The average Bonchev–Trinajstić information content (AvgIpc) is 3.00. The molecule has 5 nitrogen and oxygen atoms in total. The van der Waals surface area contributed by atoms with Crippen LogP contribution < -0.4 is 10.1 Å². The Bertz CT molecular complexity index is 1120. The molecule has 6 heteroatoms. The van der Waals surface area contributed by atoms with Crippen molar-refractivity contribution >= 4 is 34.7 Å². The molecular weight excluding hydrogens is 400 g/mol. The van der Waals surface area contributed by atoms with Gasteiger partial charge in [-0.3, -0.25) is 14.5 Å². The number of benzene rings is 3. The van der Waals surface area contributed by atoms with Crippen molar-refractivity contribution in [3.63, 3.8) is 0 Å². The van der Waals surface area contributed by atoms with Gasteiger partial charge in [-0.15, -0.1) is 0 Å². The van der Waals surface area contributed by atoms with Crippen LogP contribution in [-0.2, 0) is 16.1 Å². The Labute approximate surface area is 179 Å². The lowest BCUT2D eigenvalue weighted by Gasteiger charge is -2.16. The van der Waals surface area contributed by atoms with Gasteiger partial charge in [-0.05, 0) is 41.5 Å². The van der Waals surface area contributed by atoms with Crippen LogP contribution in [0.4, 0.5) is 5.69 Å². The van der Waals surface area contributed by atoms with Crippen LogP contribution in [0.15, 0.2) is 84.6 Å². The molecule has 0 saturated carbocycles. The molecule has 150 valence electrons. The monoisotopic (exact) mass is 418 g/mol.